The van der Waals surface area contributed by atoms with Crippen molar-refractivity contribution in [3.8, 4) is 0 Å². The maximum Gasteiger partial charge on any atom is 0.272 e. The average Bonchev–Trinajstić information content (AvgIpc) is 3.14. The van der Waals surface area contributed by atoms with Crippen molar-refractivity contribution in [2.45, 2.75) is 17.5 Å². The van der Waals surface area contributed by atoms with Crippen LogP contribution in [0.3, 0.4) is 0 Å². The molecule has 0 radical (unpaired) electrons. The molecule has 136 valence electrons. The van der Waals surface area contributed by atoms with Crippen molar-refractivity contribution in [3.05, 3.63) is 92.3 Å². The fourth-order valence-electron chi connectivity index (χ4n) is 2.70. The predicted octanol–water partition coefficient (Wildman–Crippen LogP) is 5.59. The van der Waals surface area contributed by atoms with Gasteiger partial charge in [-0.05, 0) is 35.2 Å². The van der Waals surface area contributed by atoms with Crippen LogP contribution < -0.4 is 5.56 Å². The van der Waals surface area contributed by atoms with Crippen molar-refractivity contribution in [3.63, 3.8) is 0 Å². The molecule has 0 amide bonds. The van der Waals surface area contributed by atoms with Gasteiger partial charge >= 0.3 is 0 Å². The molecule has 0 aliphatic carbocycles. The molecule has 0 unspecified atom stereocenters. The zero-order valence-electron chi connectivity index (χ0n) is 14.1. The Hall–Kier alpha value is -2.15. The molecular formula is C20H14ClFN2OS2. The lowest BCUT2D eigenvalue weighted by Gasteiger charge is -2.12. The number of benzene rings is 2. The second-order valence-corrected chi connectivity index (χ2v) is 8.22. The van der Waals surface area contributed by atoms with E-state index in [4.69, 9.17) is 11.6 Å². The highest BCUT2D eigenvalue weighted by molar-refractivity contribution is 7.98. The molecule has 2 aromatic carbocycles. The summed E-state index contributed by atoms with van der Waals surface area (Å²) in [6.07, 6.45) is 0. The number of aromatic nitrogens is 2. The molecule has 0 fully saturated rings. The molecule has 3 nitrogen and oxygen atoms in total. The van der Waals surface area contributed by atoms with E-state index >= 15 is 0 Å². The smallest absolute Gasteiger partial charge is 0.272 e. The van der Waals surface area contributed by atoms with Crippen LogP contribution in [0.4, 0.5) is 4.39 Å². The highest BCUT2D eigenvalue weighted by Gasteiger charge is 2.14. The summed E-state index contributed by atoms with van der Waals surface area (Å²) in [5, 5.41) is 3.10. The van der Waals surface area contributed by atoms with E-state index in [1.54, 1.807) is 22.8 Å². The standard InChI is InChI=1S/C20H14ClFN2OS2/c21-15-7-5-13(6-8-15)12-27-20-23-17-9-10-26-18(17)19(25)24(20)11-14-3-1-2-4-16(14)22/h1-10H,11-12H2. The Morgan fingerprint density at radius 1 is 1.11 bits per heavy atom. The van der Waals surface area contributed by atoms with Gasteiger partial charge < -0.3 is 0 Å². The second-order valence-electron chi connectivity index (χ2n) is 5.93. The van der Waals surface area contributed by atoms with Gasteiger partial charge in [-0.2, -0.15) is 0 Å². The number of hydrogen-bond donors (Lipinski definition) is 0. The Bertz CT molecular complexity index is 1150. The van der Waals surface area contributed by atoms with Crippen molar-refractivity contribution in [1.82, 2.24) is 9.55 Å². The third kappa shape index (κ3) is 3.93. The average molecular weight is 417 g/mol. The Kier molecular flexibility index (Phi) is 5.29. The van der Waals surface area contributed by atoms with Gasteiger partial charge in [0.05, 0.1) is 12.1 Å². The minimum atomic E-state index is -0.329. The number of thioether (sulfide) groups is 1. The maximum atomic E-state index is 14.1. The highest BCUT2D eigenvalue weighted by atomic mass is 35.5. The lowest BCUT2D eigenvalue weighted by Crippen LogP contribution is -2.23. The van der Waals surface area contributed by atoms with Crippen LogP contribution in [0.25, 0.3) is 10.2 Å². The normalized spacial score (nSPS) is 11.2. The van der Waals surface area contributed by atoms with E-state index in [1.165, 1.54) is 29.2 Å². The predicted molar refractivity (Wildman–Crippen MR) is 110 cm³/mol. The van der Waals surface area contributed by atoms with Crippen LogP contribution >= 0.6 is 34.7 Å². The van der Waals surface area contributed by atoms with E-state index in [2.05, 4.69) is 4.98 Å². The summed E-state index contributed by atoms with van der Waals surface area (Å²) in [7, 11) is 0. The molecule has 0 saturated heterocycles. The molecule has 0 aliphatic rings. The molecule has 0 atom stereocenters. The van der Waals surface area contributed by atoms with Gasteiger partial charge in [0.2, 0.25) is 0 Å². The Morgan fingerprint density at radius 2 is 1.89 bits per heavy atom. The largest absolute Gasteiger partial charge is 0.282 e. The summed E-state index contributed by atoms with van der Waals surface area (Å²) < 4.78 is 16.3. The topological polar surface area (TPSA) is 34.9 Å². The lowest BCUT2D eigenvalue weighted by molar-refractivity contribution is 0.580. The van der Waals surface area contributed by atoms with Crippen molar-refractivity contribution in [1.29, 1.82) is 0 Å². The van der Waals surface area contributed by atoms with E-state index < -0.39 is 0 Å². The van der Waals surface area contributed by atoms with Crippen LogP contribution in [0.1, 0.15) is 11.1 Å². The summed E-state index contributed by atoms with van der Waals surface area (Å²) in [6, 6.07) is 15.9. The molecule has 2 aromatic heterocycles. The molecule has 4 aromatic rings. The minimum Gasteiger partial charge on any atom is -0.282 e. The first-order valence-electron chi connectivity index (χ1n) is 8.20. The Balaban J connectivity index is 1.72. The lowest BCUT2D eigenvalue weighted by atomic mass is 10.2. The van der Waals surface area contributed by atoms with E-state index in [0.29, 0.717) is 31.7 Å². The Morgan fingerprint density at radius 3 is 2.67 bits per heavy atom. The number of fused-ring (bicyclic) bond motifs is 1. The molecule has 0 bridgehead atoms. The van der Waals surface area contributed by atoms with Crippen LogP contribution in [0.5, 0.6) is 0 Å². The van der Waals surface area contributed by atoms with Crippen LogP contribution in [-0.4, -0.2) is 9.55 Å². The third-order valence-corrected chi connectivity index (χ3v) is 6.29. The maximum absolute atomic E-state index is 14.1. The fourth-order valence-corrected chi connectivity index (χ4v) is 4.56. The van der Waals surface area contributed by atoms with Gasteiger partial charge in [-0.3, -0.25) is 9.36 Å². The van der Waals surface area contributed by atoms with Crippen molar-refractivity contribution in [2.24, 2.45) is 0 Å². The van der Waals surface area contributed by atoms with Gasteiger partial charge in [-0.1, -0.05) is 53.7 Å². The first-order chi connectivity index (χ1) is 13.1. The van der Waals surface area contributed by atoms with E-state index in [-0.39, 0.29) is 17.9 Å². The highest BCUT2D eigenvalue weighted by Crippen LogP contribution is 2.25. The van der Waals surface area contributed by atoms with E-state index in [9.17, 15) is 9.18 Å². The molecule has 0 aliphatic heterocycles. The minimum absolute atomic E-state index is 0.142. The van der Waals surface area contributed by atoms with Crippen LogP contribution in [0.2, 0.25) is 5.02 Å². The van der Waals surface area contributed by atoms with Crippen molar-refractivity contribution >= 4 is 44.9 Å². The zero-order valence-corrected chi connectivity index (χ0v) is 16.5. The van der Waals surface area contributed by atoms with Gasteiger partial charge in [0.1, 0.15) is 10.5 Å². The first kappa shape index (κ1) is 18.2. The Labute approximate surface area is 168 Å². The quantitative estimate of drug-likeness (QED) is 0.314. The van der Waals surface area contributed by atoms with Crippen molar-refractivity contribution < 1.29 is 4.39 Å². The monoisotopic (exact) mass is 416 g/mol. The zero-order chi connectivity index (χ0) is 18.8. The van der Waals surface area contributed by atoms with E-state index in [1.807, 2.05) is 35.7 Å². The van der Waals surface area contributed by atoms with Gasteiger partial charge in [0.15, 0.2) is 5.16 Å². The summed E-state index contributed by atoms with van der Waals surface area (Å²) >= 11 is 8.74. The summed E-state index contributed by atoms with van der Waals surface area (Å²) in [5.74, 6) is 0.306. The number of thiophene rings is 1. The summed E-state index contributed by atoms with van der Waals surface area (Å²) in [5.41, 5.74) is 2.07. The van der Waals surface area contributed by atoms with Crippen molar-refractivity contribution in [2.75, 3.05) is 0 Å². The number of rotatable bonds is 5. The molecule has 27 heavy (non-hydrogen) atoms. The summed E-state index contributed by atoms with van der Waals surface area (Å²) in [4.78, 5) is 17.6. The van der Waals surface area contributed by atoms with E-state index in [0.717, 1.165) is 5.56 Å². The molecule has 7 heteroatoms. The SMILES string of the molecule is O=c1c2sccc2nc(SCc2ccc(Cl)cc2)n1Cc1ccccc1F. The van der Waals surface area contributed by atoms with Crippen LogP contribution in [0.15, 0.2) is 69.9 Å². The fraction of sp³-hybridized carbons (Fsp3) is 0.100. The molecule has 0 saturated carbocycles. The van der Waals surface area contributed by atoms with Gasteiger partial charge in [0, 0.05) is 16.3 Å². The molecule has 0 N–H and O–H groups in total. The third-order valence-electron chi connectivity index (χ3n) is 4.10. The first-order valence-corrected chi connectivity index (χ1v) is 10.4. The molecular weight excluding hydrogens is 403 g/mol. The molecule has 4 rings (SSSR count). The number of halogens is 2. The summed E-state index contributed by atoms with van der Waals surface area (Å²) in [6.45, 7) is 0.148. The van der Waals surface area contributed by atoms with Gasteiger partial charge in [-0.25, -0.2) is 9.37 Å². The number of hydrogen-bond acceptors (Lipinski definition) is 4. The molecule has 2 heterocycles. The molecule has 0 spiro atoms. The van der Waals surface area contributed by atoms with Crippen LogP contribution in [0, 0.1) is 5.82 Å². The second kappa shape index (κ2) is 7.84. The van der Waals surface area contributed by atoms with Crippen LogP contribution in [-0.2, 0) is 12.3 Å². The number of nitrogens with zero attached hydrogens (tertiary/aromatic N) is 2. The van der Waals surface area contributed by atoms with Gasteiger partial charge in [-0.15, -0.1) is 11.3 Å². The van der Waals surface area contributed by atoms with Gasteiger partial charge in [0.25, 0.3) is 5.56 Å².